The topological polar surface area (TPSA) is 53.9 Å². The van der Waals surface area contributed by atoms with Crippen molar-refractivity contribution in [3.63, 3.8) is 0 Å². The molecule has 1 aliphatic rings. The summed E-state index contributed by atoms with van der Waals surface area (Å²) >= 11 is 6.47. The number of aryl methyl sites for hydroxylation is 1. The highest BCUT2D eigenvalue weighted by Gasteiger charge is 2.27. The van der Waals surface area contributed by atoms with Crippen molar-refractivity contribution in [3.05, 3.63) is 77.0 Å². The second-order valence-electron chi connectivity index (χ2n) is 6.87. The van der Waals surface area contributed by atoms with E-state index in [0.717, 1.165) is 42.1 Å². The number of nitrogens with zero attached hydrogens (tertiary/aromatic N) is 4. The van der Waals surface area contributed by atoms with Crippen LogP contribution in [0, 0.1) is 6.92 Å². The summed E-state index contributed by atoms with van der Waals surface area (Å²) in [5.74, 6) is 0.647. The van der Waals surface area contributed by atoms with E-state index in [9.17, 15) is 0 Å². The fraction of sp³-hybridized carbons (Fsp3) is 0.286. The van der Waals surface area contributed by atoms with Crippen LogP contribution in [0.15, 0.2) is 55.0 Å². The number of anilines is 2. The van der Waals surface area contributed by atoms with Gasteiger partial charge in [-0.15, -0.1) is 0 Å². The molecule has 1 unspecified atom stereocenters. The van der Waals surface area contributed by atoms with Gasteiger partial charge in [-0.2, -0.15) is 0 Å². The molecular formula is C21H22ClN5. The second-order valence-corrected chi connectivity index (χ2v) is 7.28. The first kappa shape index (κ1) is 17.9. The van der Waals surface area contributed by atoms with Gasteiger partial charge in [0.05, 0.1) is 28.6 Å². The van der Waals surface area contributed by atoms with E-state index in [2.05, 4.69) is 37.3 Å². The molecule has 4 heterocycles. The largest absolute Gasteiger partial charge is 0.338 e. The van der Waals surface area contributed by atoms with Gasteiger partial charge in [0.1, 0.15) is 5.82 Å². The lowest BCUT2D eigenvalue weighted by Gasteiger charge is -2.24. The van der Waals surface area contributed by atoms with Crippen LogP contribution in [0.1, 0.15) is 35.8 Å². The smallest absolute Gasteiger partial charge is 0.149 e. The Morgan fingerprint density at radius 1 is 1.15 bits per heavy atom. The normalized spacial score (nSPS) is 17.2. The van der Waals surface area contributed by atoms with Crippen molar-refractivity contribution in [1.29, 1.82) is 0 Å². The molecule has 6 heteroatoms. The zero-order valence-electron chi connectivity index (χ0n) is 15.3. The van der Waals surface area contributed by atoms with Gasteiger partial charge in [-0.05, 0) is 62.2 Å². The van der Waals surface area contributed by atoms with Crippen LogP contribution in [-0.4, -0.2) is 26.4 Å². The fourth-order valence-electron chi connectivity index (χ4n) is 3.49. The Kier molecular flexibility index (Phi) is 5.32. The molecule has 0 aliphatic carbocycles. The number of hydrogen-bond donors (Lipinski definition) is 1. The Hall–Kier alpha value is -2.50. The van der Waals surface area contributed by atoms with Crippen LogP contribution in [0.5, 0.6) is 0 Å². The molecule has 27 heavy (non-hydrogen) atoms. The summed E-state index contributed by atoms with van der Waals surface area (Å²) in [6.07, 6.45) is 7.86. The van der Waals surface area contributed by atoms with Crippen LogP contribution < -0.4 is 5.32 Å². The van der Waals surface area contributed by atoms with Gasteiger partial charge in [-0.25, -0.2) is 4.98 Å². The molecule has 3 aromatic rings. The highest BCUT2D eigenvalue weighted by molar-refractivity contribution is 6.33. The summed E-state index contributed by atoms with van der Waals surface area (Å²) in [7, 11) is 0. The third-order valence-electron chi connectivity index (χ3n) is 4.85. The van der Waals surface area contributed by atoms with Gasteiger partial charge < -0.3 is 5.32 Å². The van der Waals surface area contributed by atoms with Crippen molar-refractivity contribution < 1.29 is 0 Å². The van der Waals surface area contributed by atoms with E-state index < -0.39 is 0 Å². The van der Waals surface area contributed by atoms with Crippen molar-refractivity contribution in [1.82, 2.24) is 19.9 Å². The highest BCUT2D eigenvalue weighted by Crippen LogP contribution is 2.32. The van der Waals surface area contributed by atoms with Crippen molar-refractivity contribution >= 4 is 23.1 Å². The van der Waals surface area contributed by atoms with Gasteiger partial charge >= 0.3 is 0 Å². The number of rotatable bonds is 5. The zero-order valence-corrected chi connectivity index (χ0v) is 16.0. The summed E-state index contributed by atoms with van der Waals surface area (Å²) in [6.45, 7) is 3.84. The van der Waals surface area contributed by atoms with Crippen molar-refractivity contribution in [2.75, 3.05) is 11.9 Å². The summed E-state index contributed by atoms with van der Waals surface area (Å²) in [4.78, 5) is 15.8. The molecule has 0 radical (unpaired) electrons. The Morgan fingerprint density at radius 2 is 2.07 bits per heavy atom. The third kappa shape index (κ3) is 4.26. The molecule has 0 spiro atoms. The molecule has 138 valence electrons. The highest BCUT2D eigenvalue weighted by atomic mass is 35.5. The maximum absolute atomic E-state index is 6.47. The van der Waals surface area contributed by atoms with Crippen LogP contribution in [0.25, 0.3) is 0 Å². The van der Waals surface area contributed by atoms with E-state index >= 15 is 0 Å². The van der Waals surface area contributed by atoms with E-state index in [0.29, 0.717) is 16.9 Å². The molecule has 1 fully saturated rings. The average molecular weight is 380 g/mol. The molecule has 0 bridgehead atoms. The summed E-state index contributed by atoms with van der Waals surface area (Å²) in [6, 6.07) is 12.4. The molecule has 5 nitrogen and oxygen atoms in total. The molecule has 4 rings (SSSR count). The van der Waals surface area contributed by atoms with Crippen molar-refractivity contribution in [3.8, 4) is 0 Å². The lowest BCUT2D eigenvalue weighted by Crippen LogP contribution is -2.23. The Bertz CT molecular complexity index is 898. The average Bonchev–Trinajstić information content (AvgIpc) is 3.14. The molecule has 1 atom stereocenters. The van der Waals surface area contributed by atoms with Crippen molar-refractivity contribution in [2.24, 2.45) is 0 Å². The zero-order chi connectivity index (χ0) is 18.6. The van der Waals surface area contributed by atoms with E-state index in [1.807, 2.05) is 43.6 Å². The Balaban J connectivity index is 1.47. The fourth-order valence-corrected chi connectivity index (χ4v) is 3.73. The molecule has 0 amide bonds. The quantitative estimate of drug-likeness (QED) is 0.682. The van der Waals surface area contributed by atoms with Crippen LogP contribution in [0.2, 0.25) is 5.02 Å². The van der Waals surface area contributed by atoms with Gasteiger partial charge in [0.15, 0.2) is 0 Å². The summed E-state index contributed by atoms with van der Waals surface area (Å²) < 4.78 is 0. The number of nitrogens with one attached hydrogen (secondary N) is 1. The summed E-state index contributed by atoms with van der Waals surface area (Å²) in [5.41, 5.74) is 4.09. The van der Waals surface area contributed by atoms with E-state index in [-0.39, 0.29) is 0 Å². The van der Waals surface area contributed by atoms with Crippen molar-refractivity contribution in [2.45, 2.75) is 32.4 Å². The maximum Gasteiger partial charge on any atom is 0.149 e. The van der Waals surface area contributed by atoms with Gasteiger partial charge in [-0.3, -0.25) is 14.9 Å². The SMILES string of the molecule is Cc1ccc(Nc2ncc(CN3CCCC3c3ccccn3)cc2Cl)cn1. The number of pyridine rings is 3. The first-order valence-electron chi connectivity index (χ1n) is 9.18. The lowest BCUT2D eigenvalue weighted by atomic mass is 10.1. The number of aromatic nitrogens is 3. The Morgan fingerprint density at radius 3 is 2.81 bits per heavy atom. The molecule has 3 aromatic heterocycles. The molecule has 1 N–H and O–H groups in total. The molecule has 1 aliphatic heterocycles. The van der Waals surface area contributed by atoms with Gasteiger partial charge in [0.25, 0.3) is 0 Å². The molecule has 0 saturated carbocycles. The lowest BCUT2D eigenvalue weighted by molar-refractivity contribution is 0.244. The Labute approximate surface area is 164 Å². The minimum Gasteiger partial charge on any atom is -0.338 e. The molecular weight excluding hydrogens is 358 g/mol. The first-order chi connectivity index (χ1) is 13.2. The van der Waals surface area contributed by atoms with E-state index in [4.69, 9.17) is 11.6 Å². The number of halogens is 1. The monoisotopic (exact) mass is 379 g/mol. The second kappa shape index (κ2) is 8.03. The summed E-state index contributed by atoms with van der Waals surface area (Å²) in [5, 5.41) is 3.84. The molecule has 0 aromatic carbocycles. The molecule has 1 saturated heterocycles. The predicted molar refractivity (Wildman–Crippen MR) is 108 cm³/mol. The van der Waals surface area contributed by atoms with E-state index in [1.54, 1.807) is 6.20 Å². The first-order valence-corrected chi connectivity index (χ1v) is 9.56. The minimum absolute atomic E-state index is 0.362. The van der Waals surface area contributed by atoms with Gasteiger partial charge in [0.2, 0.25) is 0 Å². The van der Waals surface area contributed by atoms with Gasteiger partial charge in [0, 0.05) is 24.6 Å². The van der Waals surface area contributed by atoms with Crippen LogP contribution >= 0.6 is 11.6 Å². The number of hydrogen-bond acceptors (Lipinski definition) is 5. The van der Waals surface area contributed by atoms with E-state index in [1.165, 1.54) is 6.42 Å². The number of likely N-dealkylation sites (tertiary alicyclic amines) is 1. The maximum atomic E-state index is 6.47. The van der Waals surface area contributed by atoms with Gasteiger partial charge in [-0.1, -0.05) is 17.7 Å². The van der Waals surface area contributed by atoms with Crippen LogP contribution in [-0.2, 0) is 6.54 Å². The van der Waals surface area contributed by atoms with Crippen LogP contribution in [0.3, 0.4) is 0 Å². The third-order valence-corrected chi connectivity index (χ3v) is 5.14. The van der Waals surface area contributed by atoms with Crippen LogP contribution in [0.4, 0.5) is 11.5 Å². The predicted octanol–water partition coefficient (Wildman–Crippen LogP) is 4.91. The minimum atomic E-state index is 0.362. The standard InChI is InChI=1S/C21H22ClN5/c1-15-7-8-17(13-24-15)26-21-18(22)11-16(12-25-21)14-27-10-4-6-20(27)19-5-2-3-9-23-19/h2-3,5,7-9,11-13,20H,4,6,10,14H2,1H3,(H,25,26).